The summed E-state index contributed by atoms with van der Waals surface area (Å²) in [5.41, 5.74) is 0. The van der Waals surface area contributed by atoms with Gasteiger partial charge >= 0.3 is 0 Å². The Labute approximate surface area is 52.6 Å². The normalized spacial score (nSPS) is 23.8. The van der Waals surface area contributed by atoms with Crippen molar-refractivity contribution in [3.63, 3.8) is 0 Å². The highest BCUT2D eigenvalue weighted by molar-refractivity contribution is 7.86. The second-order valence-corrected chi connectivity index (χ2v) is 3.51. The Morgan fingerprint density at radius 2 is 2.00 bits per heavy atom. The average Bonchev–Trinajstić information content (AvgIpc) is 1.55. The molecule has 0 aromatic carbocycles. The highest BCUT2D eigenvalue weighted by atomic mass is 32.2. The second kappa shape index (κ2) is 1.89. The maximum absolute atomic E-state index is 11.9. The van der Waals surface area contributed by atoms with Gasteiger partial charge in [-0.1, -0.05) is 0 Å². The van der Waals surface area contributed by atoms with E-state index in [9.17, 15) is 12.8 Å². The SMILES string of the molecule is NS(=O)(=O)N1CC(F)C1. The minimum atomic E-state index is -3.61. The smallest absolute Gasteiger partial charge is 0.245 e. The third-order valence-corrected chi connectivity index (χ3v) is 2.18. The first-order valence-corrected chi connectivity index (χ1v) is 3.92. The number of hydrogen-bond acceptors (Lipinski definition) is 2. The van der Waals surface area contributed by atoms with Gasteiger partial charge in [0, 0.05) is 13.1 Å². The highest BCUT2D eigenvalue weighted by Gasteiger charge is 2.33. The quantitative estimate of drug-likeness (QED) is 0.518. The zero-order chi connectivity index (χ0) is 7.07. The molecular weight excluding hydrogens is 147 g/mol. The van der Waals surface area contributed by atoms with E-state index in [1.807, 2.05) is 0 Å². The number of nitrogens with two attached hydrogens (primary N) is 1. The zero-order valence-corrected chi connectivity index (χ0v) is 5.44. The van der Waals surface area contributed by atoms with Crippen LogP contribution in [0.3, 0.4) is 0 Å². The van der Waals surface area contributed by atoms with Crippen LogP contribution < -0.4 is 5.14 Å². The first-order chi connectivity index (χ1) is 4.00. The van der Waals surface area contributed by atoms with Crippen LogP contribution in [0.25, 0.3) is 0 Å². The molecule has 0 amide bonds. The van der Waals surface area contributed by atoms with Crippen LogP contribution in [0.2, 0.25) is 0 Å². The van der Waals surface area contributed by atoms with Crippen LogP contribution >= 0.6 is 0 Å². The van der Waals surface area contributed by atoms with Crippen LogP contribution in [-0.2, 0) is 10.2 Å². The van der Waals surface area contributed by atoms with Crippen LogP contribution in [0.15, 0.2) is 0 Å². The van der Waals surface area contributed by atoms with Crippen molar-refractivity contribution in [3.05, 3.63) is 0 Å². The lowest BCUT2D eigenvalue weighted by atomic mass is 10.3. The number of nitrogens with zero attached hydrogens (tertiary/aromatic N) is 1. The summed E-state index contributed by atoms with van der Waals surface area (Å²) in [6.07, 6.45) is -1.02. The Bertz CT molecular complexity index is 196. The second-order valence-electron chi connectivity index (χ2n) is 1.96. The minimum Gasteiger partial charge on any atom is -0.245 e. The van der Waals surface area contributed by atoms with E-state index in [0.29, 0.717) is 0 Å². The van der Waals surface area contributed by atoms with Gasteiger partial charge in [0.2, 0.25) is 0 Å². The standard InChI is InChI=1S/C3H7FN2O2S/c4-3-1-6(2-3)9(5,7)8/h3H,1-2H2,(H2,5,7,8). The van der Waals surface area contributed by atoms with Crippen molar-refractivity contribution < 1.29 is 12.8 Å². The topological polar surface area (TPSA) is 63.4 Å². The van der Waals surface area contributed by atoms with Gasteiger partial charge in [-0.2, -0.15) is 12.7 Å². The van der Waals surface area contributed by atoms with Gasteiger partial charge < -0.3 is 0 Å². The number of hydrogen-bond donors (Lipinski definition) is 1. The Morgan fingerprint density at radius 3 is 2.11 bits per heavy atom. The van der Waals surface area contributed by atoms with Crippen LogP contribution in [0, 0.1) is 0 Å². The van der Waals surface area contributed by atoms with Gasteiger partial charge in [-0.3, -0.25) is 0 Å². The van der Waals surface area contributed by atoms with Gasteiger partial charge in [-0.15, -0.1) is 0 Å². The van der Waals surface area contributed by atoms with E-state index >= 15 is 0 Å². The van der Waals surface area contributed by atoms with Crippen molar-refractivity contribution in [1.29, 1.82) is 0 Å². The first-order valence-electron chi connectivity index (χ1n) is 2.42. The molecule has 0 bridgehead atoms. The Kier molecular flexibility index (Phi) is 1.45. The summed E-state index contributed by atoms with van der Waals surface area (Å²) < 4.78 is 33.4. The molecule has 0 aromatic rings. The maximum atomic E-state index is 11.9. The molecule has 1 saturated heterocycles. The van der Waals surface area contributed by atoms with Crippen molar-refractivity contribution in [1.82, 2.24) is 4.31 Å². The predicted octanol–water partition coefficient (Wildman–Crippen LogP) is -1.16. The predicted molar refractivity (Wildman–Crippen MR) is 29.6 cm³/mol. The van der Waals surface area contributed by atoms with E-state index in [2.05, 4.69) is 5.14 Å². The van der Waals surface area contributed by atoms with Gasteiger partial charge in [0.25, 0.3) is 10.2 Å². The summed E-state index contributed by atoms with van der Waals surface area (Å²) in [5, 5.41) is 4.63. The lowest BCUT2D eigenvalue weighted by Crippen LogP contribution is -2.53. The monoisotopic (exact) mass is 154 g/mol. The number of alkyl halides is 1. The summed E-state index contributed by atoms with van der Waals surface area (Å²) in [7, 11) is -3.61. The van der Waals surface area contributed by atoms with E-state index in [1.165, 1.54) is 0 Å². The van der Waals surface area contributed by atoms with E-state index in [4.69, 9.17) is 0 Å². The molecule has 6 heteroatoms. The lowest BCUT2D eigenvalue weighted by Gasteiger charge is -2.30. The molecule has 0 aromatic heterocycles. The van der Waals surface area contributed by atoms with Crippen LogP contribution in [0.1, 0.15) is 0 Å². The summed E-state index contributed by atoms with van der Waals surface area (Å²) >= 11 is 0. The molecule has 9 heavy (non-hydrogen) atoms. The van der Waals surface area contributed by atoms with Crippen molar-refractivity contribution in [2.75, 3.05) is 13.1 Å². The molecule has 54 valence electrons. The molecule has 1 rings (SSSR count). The fourth-order valence-corrected chi connectivity index (χ4v) is 1.34. The molecule has 0 unspecified atom stereocenters. The third-order valence-electron chi connectivity index (χ3n) is 1.16. The molecule has 1 aliphatic heterocycles. The fraction of sp³-hybridized carbons (Fsp3) is 1.00. The highest BCUT2D eigenvalue weighted by Crippen LogP contribution is 2.12. The van der Waals surface area contributed by atoms with Crippen molar-refractivity contribution in [3.8, 4) is 0 Å². The molecular formula is C3H7FN2O2S. The van der Waals surface area contributed by atoms with Crippen LogP contribution in [-0.4, -0.2) is 32.0 Å². The molecule has 2 N–H and O–H groups in total. The van der Waals surface area contributed by atoms with Gasteiger partial charge in [-0.25, -0.2) is 9.53 Å². The summed E-state index contributed by atoms with van der Waals surface area (Å²) in [4.78, 5) is 0. The fourth-order valence-electron chi connectivity index (χ4n) is 0.596. The minimum absolute atomic E-state index is 0.0845. The summed E-state index contributed by atoms with van der Waals surface area (Å²) in [6, 6.07) is 0. The molecule has 1 fully saturated rings. The summed E-state index contributed by atoms with van der Waals surface area (Å²) in [6.45, 7) is -0.169. The van der Waals surface area contributed by atoms with Crippen molar-refractivity contribution in [2.45, 2.75) is 6.17 Å². The van der Waals surface area contributed by atoms with Gasteiger partial charge in [0.1, 0.15) is 6.17 Å². The molecule has 1 aliphatic rings. The molecule has 0 radical (unpaired) electrons. The molecule has 1 heterocycles. The largest absolute Gasteiger partial charge is 0.277 e. The maximum Gasteiger partial charge on any atom is 0.277 e. The molecule has 4 nitrogen and oxygen atoms in total. The van der Waals surface area contributed by atoms with Gasteiger partial charge in [-0.05, 0) is 0 Å². The van der Waals surface area contributed by atoms with Gasteiger partial charge in [0.15, 0.2) is 0 Å². The molecule has 0 spiro atoms. The van der Waals surface area contributed by atoms with Crippen LogP contribution in [0.5, 0.6) is 0 Å². The Morgan fingerprint density at radius 1 is 1.56 bits per heavy atom. The number of halogens is 1. The number of rotatable bonds is 1. The van der Waals surface area contributed by atoms with E-state index in [1.54, 1.807) is 0 Å². The average molecular weight is 154 g/mol. The van der Waals surface area contributed by atoms with Crippen molar-refractivity contribution >= 4 is 10.2 Å². The first kappa shape index (κ1) is 6.91. The summed E-state index contributed by atoms with van der Waals surface area (Å²) in [5.74, 6) is 0. The molecule has 0 saturated carbocycles. The van der Waals surface area contributed by atoms with Crippen LogP contribution in [0.4, 0.5) is 4.39 Å². The van der Waals surface area contributed by atoms with E-state index in [-0.39, 0.29) is 13.1 Å². The molecule has 0 atom stereocenters. The lowest BCUT2D eigenvalue weighted by molar-refractivity contribution is 0.141. The zero-order valence-electron chi connectivity index (χ0n) is 4.62. The van der Waals surface area contributed by atoms with Crippen molar-refractivity contribution in [2.24, 2.45) is 5.14 Å². The third kappa shape index (κ3) is 1.38. The van der Waals surface area contributed by atoms with E-state index < -0.39 is 16.4 Å². The van der Waals surface area contributed by atoms with Gasteiger partial charge in [0.05, 0.1) is 0 Å². The van der Waals surface area contributed by atoms with E-state index in [0.717, 1.165) is 4.31 Å². The Hall–Kier alpha value is -0.200. The molecule has 0 aliphatic carbocycles. The Balaban J connectivity index is 2.51.